The second-order valence-electron chi connectivity index (χ2n) is 16.8. The van der Waals surface area contributed by atoms with Crippen LogP contribution in [0, 0.1) is 0 Å². The smallest absolute Gasteiger partial charge is 0 e. The number of quaternary nitrogens is 2. The third-order valence-electron chi connectivity index (χ3n) is 5.98. The molecule has 87 heavy (non-hydrogen) atoms. The Morgan fingerprint density at radius 2 is 0.897 bits per heavy atom. The molecule has 15 N–H and O–H groups in total. The van der Waals surface area contributed by atoms with E-state index in [-0.39, 0.29) is 59.8 Å². The van der Waals surface area contributed by atoms with Crippen LogP contribution in [0.15, 0.2) is 50.6 Å². The molecule has 0 spiro atoms. The molecule has 0 saturated heterocycles. The van der Waals surface area contributed by atoms with Crippen LogP contribution in [0.5, 0.6) is 0 Å². The minimum Gasteiger partial charge on any atom is 0 e. The van der Waals surface area contributed by atoms with Crippen LogP contribution in [-0.2, 0) is 65.2 Å². The predicted octanol–water partition coefficient (Wildman–Crippen LogP) is 6.69. The zero-order valence-corrected chi connectivity index (χ0v) is 66.6. The van der Waals surface area contributed by atoms with Gasteiger partial charge in [0.15, 0.2) is 62.2 Å². The molecule has 0 rings (SSSR count). The van der Waals surface area contributed by atoms with Crippen molar-refractivity contribution in [3.63, 3.8) is 0 Å². The van der Waals surface area contributed by atoms with Crippen molar-refractivity contribution in [2.75, 3.05) is 211 Å². The SMILES string of the molecule is C=CCCl.C=CC[17OH].C=CC[17O][P+]([17OH])([17OH])[17O]CC[N+](C)(C)C.C=CC[17O][P+]([17OH])([17O]C)[17O]CCN(C)C.CN(C)CCO.CN(C)CC[17OH].C[17OH].C[17O][P+]([17OH])(Cl)Cl.C[N+](C)(C)CC[17O][P+]([17OH])([17OH])[17O]CC([17OH])C[17OH].ClP(Cl)Cl.[17OH2].[17OH][P+](Cl)(Cl)Cl.[17O]=[Os](=[17O])(=[17O])=[17O].[2HH]. The van der Waals surface area contributed by atoms with Gasteiger partial charge in [0.25, 0.3) is 0 Å². The normalized spacial score (nSPS) is 12.0. The molecule has 0 aromatic heterocycles. The Morgan fingerprint density at radius 1 is 0.598 bits per heavy atom. The number of hydrogen-bond donors (Lipinski definition) is 13. The van der Waals surface area contributed by atoms with Crippen LogP contribution in [0.25, 0.3) is 0 Å². The van der Waals surface area contributed by atoms with Crippen molar-refractivity contribution >= 4 is 144 Å². The quantitative estimate of drug-likeness (QED) is 0.0154. The Kier molecular flexibility index (Phi) is 108. The van der Waals surface area contributed by atoms with Crippen LogP contribution in [0.3, 0.4) is 0 Å². The molecule has 0 saturated carbocycles. The van der Waals surface area contributed by atoms with Crippen LogP contribution in [0.1, 0.15) is 1.43 Å². The van der Waals surface area contributed by atoms with Gasteiger partial charge in [0.1, 0.15) is 58.8 Å². The van der Waals surface area contributed by atoms with Crippen LogP contribution in [0.4, 0.5) is 0 Å². The molecular formula is C40H107Cl9N5O26OsP6+7. The zero-order valence-electron chi connectivity index (χ0n) is 51.9. The maximum absolute atomic E-state index is 9.64. The first-order valence-corrected chi connectivity index (χ1v) is 44.3. The molecule has 0 aliphatic rings. The summed E-state index contributed by atoms with van der Waals surface area (Å²) in [6.07, 6.45) is 1.94. The molecule has 31 nitrogen and oxygen atoms in total. The summed E-state index contributed by atoms with van der Waals surface area (Å²) in [6.45, 7) is 17.7. The van der Waals surface area contributed by atoms with E-state index in [1.807, 2.05) is 99.3 Å². The molecule has 0 aliphatic heterocycles. The van der Waals surface area contributed by atoms with E-state index in [9.17, 15) is 24.5 Å². The Balaban J connectivity index is -0.0000000591. The van der Waals surface area contributed by atoms with Crippen molar-refractivity contribution in [1.29, 1.82) is 0 Å². The topological polar surface area (TPSA) is 446 Å². The van der Waals surface area contributed by atoms with E-state index in [0.29, 0.717) is 41.1 Å². The predicted molar refractivity (Wildman–Crippen MR) is 358 cm³/mol. The number of alkyl halides is 1. The van der Waals surface area contributed by atoms with Crippen LogP contribution in [-0.4, -0.2) is 311 Å². The standard InChI is InChI=1S/C8H22NO6P.C8H19NO4P.C8H20NO4P.2C4H11NO.C3H5Cl.C3H6O.CH4Cl2O2P.CH4O.Cl3HOP.Cl3P.H2O.4O.Os.H2/c1-9(2,3)4-5-14-16(12,13)15-7-8(11)6-10;1-5-7-12-14(10,11-4)13-8-6-9(2)3;1-5-7-12-14(10,11)13-8-6-9(2,3)4;2*1-5(2)3-4-6;2*1-2-3-4;1-5-6(2,3)4;1-2;1-5(2,3)4;1-4(2)3;;;;;;;/h8,10-13H,4-7H2,1-3H3;5,10H,1,6-8H2,2-4H3;5,10-11H,1,6-8H2,2-4H3;2*6H,3-4H2,1-2H3;2H,1,3H2;2,4H,1,3H2;4H,1H3;2H,1H3;4H;;1H2;;;;;;1H/q+2;+1;+2;;;;;+1;;+1;;;;;;;;/i10+1,11+1,12+1,13+1,14+1,15+1;2*10+1,11+1,12+1,13+1;6+1;;;4+1;4+1,5+1;2+1;4+1;;5*1+1;;1+1. The Hall–Kier alpha value is 2.91. The average Bonchev–Trinajstić information content (AvgIpc) is 3.33. The minimum absolute atomic E-state index is 0. The maximum Gasteiger partial charge on any atom is 0 e. The van der Waals surface area contributed by atoms with Gasteiger partial charge in [-0.25, -0.2) is 0 Å². The number of aliphatic hydroxyl groups is 6. The number of nitrogens with zero attached hydrogens (tertiary/aromatic N) is 5. The van der Waals surface area contributed by atoms with Gasteiger partial charge in [-0.05, 0) is 42.3 Å². The van der Waals surface area contributed by atoms with Crippen LogP contribution in [0.2, 0.25) is 0 Å². The van der Waals surface area contributed by atoms with Crippen molar-refractivity contribution in [3.8, 4) is 0 Å². The Morgan fingerprint density at radius 3 is 1.08 bits per heavy atom. The first-order chi connectivity index (χ1) is 38.6. The fourth-order valence-electron chi connectivity index (χ4n) is 2.36. The minimum atomic E-state index is -6.06. The number of allylic oxidation sites excluding steroid dienone is 1. The van der Waals surface area contributed by atoms with Crippen LogP contribution >= 0.6 is 144 Å². The van der Waals surface area contributed by atoms with E-state index < -0.39 is 70.0 Å². The van der Waals surface area contributed by atoms with E-state index >= 15 is 0 Å². The first kappa shape index (κ1) is 120. The summed E-state index contributed by atoms with van der Waals surface area (Å²) in [6, 6.07) is 0. The number of likely N-dealkylation sites (N-methyl/N-ethyl adjacent to an activating group) is 5. The summed E-state index contributed by atoms with van der Waals surface area (Å²) in [7, 11) is 16.3. The summed E-state index contributed by atoms with van der Waals surface area (Å²) < 4.78 is 73.8. The van der Waals surface area contributed by atoms with E-state index in [2.05, 4.69) is 39.9 Å². The summed E-state index contributed by atoms with van der Waals surface area (Å²) in [5.41, 5.74) is -2.97. The molecule has 0 radical (unpaired) electrons. The van der Waals surface area contributed by atoms with E-state index in [4.69, 9.17) is 179 Å². The molecular weight excluding hydrogens is 1690 g/mol. The molecule has 0 heterocycles. The van der Waals surface area contributed by atoms with Gasteiger partial charge < -0.3 is 59.8 Å². The number of aliphatic hydroxyl groups excluding tert-OH is 6. The molecule has 0 fully saturated rings. The van der Waals surface area contributed by atoms with Crippen molar-refractivity contribution < 1.29 is 146 Å². The third kappa shape index (κ3) is 200. The van der Waals surface area contributed by atoms with Gasteiger partial charge >= 0.3 is 65.5 Å². The van der Waals surface area contributed by atoms with Crippen molar-refractivity contribution in [1.82, 2.24) is 14.7 Å². The van der Waals surface area contributed by atoms with Gasteiger partial charge in [0.2, 0.25) is 0 Å². The summed E-state index contributed by atoms with van der Waals surface area (Å²) >= 11 is 37.7. The van der Waals surface area contributed by atoms with Gasteiger partial charge in [-0.2, -0.15) is 52.3 Å². The van der Waals surface area contributed by atoms with E-state index in [1.165, 1.54) is 32.4 Å². The summed E-state index contributed by atoms with van der Waals surface area (Å²) in [5.74, 6) is -0.648. The zero-order chi connectivity index (χ0) is 71.7. The fraction of sp³-hybridized carbons (Fsp3) is 0.800. The number of rotatable bonds is 30. The molecule has 47 heteroatoms. The van der Waals surface area contributed by atoms with Crippen molar-refractivity contribution in [2.45, 2.75) is 6.10 Å². The molecule has 0 aromatic carbocycles. The maximum atomic E-state index is 9.64. The average molecular weight is 1800 g/mol. The second-order valence-corrected chi connectivity index (χ2v) is 40.8. The van der Waals surface area contributed by atoms with Gasteiger partial charge in [-0.3, -0.25) is 0 Å². The van der Waals surface area contributed by atoms with Crippen LogP contribution < -0.4 is 0 Å². The Bertz CT molecular complexity index is 1650. The fourth-order valence-corrected chi connectivity index (χ4v) is 4.70. The Labute approximate surface area is 567 Å². The molecule has 2 atom stereocenters. The molecule has 2 unspecified atom stereocenters. The largest absolute Gasteiger partial charge is 0 e. The monoisotopic (exact) mass is 1790 g/mol. The van der Waals surface area contributed by atoms with Gasteiger partial charge in [0.05, 0.1) is 82.9 Å². The molecule has 0 aromatic rings. The first-order valence-electron chi connectivity index (χ1n) is 23.1. The molecule has 542 valence electrons. The summed E-state index contributed by atoms with van der Waals surface area (Å²) in [5, 5.41) is 48.6. The molecule has 0 amide bonds. The molecule has 0 bridgehead atoms. The van der Waals surface area contributed by atoms with E-state index in [0.717, 1.165) is 20.2 Å². The summed E-state index contributed by atoms with van der Waals surface area (Å²) in [4.78, 5) is 68.6. The second kappa shape index (κ2) is 77.9. The van der Waals surface area contributed by atoms with Crippen molar-refractivity contribution in [3.05, 3.63) is 50.6 Å². The van der Waals surface area contributed by atoms with Gasteiger partial charge in [-0.1, -0.05) is 58.0 Å². The van der Waals surface area contributed by atoms with Crippen molar-refractivity contribution in [2.24, 2.45) is 0 Å². The number of hydrogen-bond acceptors (Lipinski definition) is 28. The van der Waals surface area contributed by atoms with Gasteiger partial charge in [-0.15, -0.1) is 56.0 Å². The number of halogens is 9. The van der Waals surface area contributed by atoms with Gasteiger partial charge in [0, 0.05) is 34.1 Å². The van der Waals surface area contributed by atoms with E-state index in [1.54, 1.807) is 6.08 Å². The third-order valence-corrected chi connectivity index (χ3v) is 10.9. The molecule has 0 aliphatic carbocycles.